The van der Waals surface area contributed by atoms with Crippen molar-refractivity contribution in [3.8, 4) is 5.69 Å². The van der Waals surface area contributed by atoms with E-state index in [9.17, 15) is 9.59 Å². The van der Waals surface area contributed by atoms with E-state index in [-0.39, 0.29) is 5.56 Å². The van der Waals surface area contributed by atoms with Gasteiger partial charge in [-0.2, -0.15) is 0 Å². The van der Waals surface area contributed by atoms with Crippen molar-refractivity contribution in [1.82, 2.24) is 9.55 Å². The number of anilines is 1. The number of fused-ring (bicyclic) bond motifs is 1. The Morgan fingerprint density at radius 2 is 1.95 bits per heavy atom. The number of nitrogens with one attached hydrogen (secondary N) is 3. The van der Waals surface area contributed by atoms with Crippen molar-refractivity contribution in [2.24, 2.45) is 0 Å². The largest absolute Gasteiger partial charge is 0.334 e. The van der Waals surface area contributed by atoms with Crippen molar-refractivity contribution in [2.75, 3.05) is 12.0 Å². The average molecular weight is 301 g/mol. The van der Waals surface area contributed by atoms with Crippen LogP contribution in [0, 0.1) is 6.92 Å². The molecular formula is C16H21N4O2+. The lowest BCUT2D eigenvalue weighted by Crippen LogP contribution is -3.15. The molecule has 0 amide bonds. The van der Waals surface area contributed by atoms with E-state index in [0.717, 1.165) is 11.3 Å². The Hall–Kier alpha value is -2.34. The van der Waals surface area contributed by atoms with Crippen LogP contribution in [0.15, 0.2) is 33.9 Å². The zero-order valence-electron chi connectivity index (χ0n) is 13.1. The number of aromatic amines is 1. The highest BCUT2D eigenvalue weighted by atomic mass is 16.2. The molecule has 6 heteroatoms. The fourth-order valence-corrected chi connectivity index (χ4v) is 2.86. The number of hydrogen-bond acceptors (Lipinski definition) is 3. The number of rotatable bonds is 2. The lowest BCUT2D eigenvalue weighted by molar-refractivity contribution is -0.933. The Balaban J connectivity index is 2.22. The van der Waals surface area contributed by atoms with Crippen molar-refractivity contribution in [3.63, 3.8) is 0 Å². The van der Waals surface area contributed by atoms with Gasteiger partial charge in [-0.05, 0) is 32.4 Å². The van der Waals surface area contributed by atoms with Gasteiger partial charge in [-0.15, -0.1) is 0 Å². The molecule has 0 fully saturated rings. The van der Waals surface area contributed by atoms with E-state index >= 15 is 0 Å². The second kappa shape index (κ2) is 5.46. The van der Waals surface area contributed by atoms with Gasteiger partial charge in [0.15, 0.2) is 6.67 Å². The van der Waals surface area contributed by atoms with Crippen LogP contribution in [0.5, 0.6) is 0 Å². The second-order valence-electron chi connectivity index (χ2n) is 6.05. The fourth-order valence-electron chi connectivity index (χ4n) is 2.86. The van der Waals surface area contributed by atoms with Gasteiger partial charge in [0.05, 0.1) is 11.7 Å². The minimum atomic E-state index is -0.404. The van der Waals surface area contributed by atoms with Gasteiger partial charge in [-0.1, -0.05) is 18.2 Å². The van der Waals surface area contributed by atoms with Crippen molar-refractivity contribution in [2.45, 2.75) is 33.4 Å². The molecule has 1 aliphatic rings. The number of H-pyrrole nitrogens is 1. The molecular weight excluding hydrogens is 280 g/mol. The van der Waals surface area contributed by atoms with Gasteiger partial charge in [0, 0.05) is 0 Å². The van der Waals surface area contributed by atoms with E-state index in [2.05, 4.69) is 24.1 Å². The summed E-state index contributed by atoms with van der Waals surface area (Å²) >= 11 is 0. The van der Waals surface area contributed by atoms with E-state index in [1.54, 1.807) is 4.57 Å². The van der Waals surface area contributed by atoms with Crippen LogP contribution in [-0.4, -0.2) is 22.3 Å². The second-order valence-corrected chi connectivity index (χ2v) is 6.05. The molecule has 2 aromatic rings. The smallest absolute Gasteiger partial charge is 0.324 e. The van der Waals surface area contributed by atoms with Crippen LogP contribution in [0.2, 0.25) is 0 Å². The zero-order chi connectivity index (χ0) is 15.9. The molecule has 2 heterocycles. The SMILES string of the molecule is Cc1ccccc1-n1c2c(c(=O)[nH]c1=O)C[NH+](C(C)C)CN2. The Labute approximate surface area is 128 Å². The van der Waals surface area contributed by atoms with Crippen LogP contribution in [-0.2, 0) is 6.54 Å². The van der Waals surface area contributed by atoms with Crippen molar-refractivity contribution in [1.29, 1.82) is 0 Å². The Morgan fingerprint density at radius 1 is 1.23 bits per heavy atom. The number of aryl methyl sites for hydroxylation is 1. The zero-order valence-corrected chi connectivity index (χ0v) is 13.1. The highest BCUT2D eigenvalue weighted by Gasteiger charge is 2.27. The van der Waals surface area contributed by atoms with Crippen molar-refractivity contribution in [3.05, 3.63) is 56.2 Å². The number of aromatic nitrogens is 2. The molecule has 6 nitrogen and oxygen atoms in total. The summed E-state index contributed by atoms with van der Waals surface area (Å²) in [6.07, 6.45) is 0. The van der Waals surface area contributed by atoms with Gasteiger partial charge in [0.2, 0.25) is 0 Å². The van der Waals surface area contributed by atoms with Crippen LogP contribution in [0.4, 0.5) is 5.82 Å². The van der Waals surface area contributed by atoms with Crippen LogP contribution in [0.1, 0.15) is 25.0 Å². The predicted octanol–water partition coefficient (Wildman–Crippen LogP) is 0.0105. The molecule has 0 aliphatic carbocycles. The number of benzene rings is 1. The van der Waals surface area contributed by atoms with Gasteiger partial charge >= 0.3 is 5.69 Å². The van der Waals surface area contributed by atoms with Crippen molar-refractivity contribution < 1.29 is 4.90 Å². The van der Waals surface area contributed by atoms with Crippen LogP contribution >= 0.6 is 0 Å². The molecule has 3 N–H and O–H groups in total. The summed E-state index contributed by atoms with van der Waals surface area (Å²) in [7, 11) is 0. The molecule has 1 aliphatic heterocycles. The third kappa shape index (κ3) is 2.35. The number of para-hydroxylation sites is 1. The lowest BCUT2D eigenvalue weighted by Gasteiger charge is -2.30. The van der Waals surface area contributed by atoms with E-state index < -0.39 is 5.69 Å². The summed E-state index contributed by atoms with van der Waals surface area (Å²) in [6, 6.07) is 8.06. The van der Waals surface area contributed by atoms with Gasteiger partial charge in [0.1, 0.15) is 17.9 Å². The maximum atomic E-state index is 12.3. The molecule has 22 heavy (non-hydrogen) atoms. The first-order chi connectivity index (χ1) is 10.5. The quantitative estimate of drug-likeness (QED) is 0.732. The standard InChI is InChI=1S/C16H20N4O2/c1-10(2)19-8-12-14(17-9-19)20(16(22)18-15(12)21)13-7-5-4-6-11(13)3/h4-7,10,17H,8-9H2,1-3H3,(H,18,21,22)/p+1. The van der Waals surface area contributed by atoms with E-state index in [0.29, 0.717) is 30.6 Å². The fraction of sp³-hybridized carbons (Fsp3) is 0.375. The third-order valence-electron chi connectivity index (χ3n) is 4.27. The number of hydrogen-bond donors (Lipinski definition) is 3. The van der Waals surface area contributed by atoms with Crippen molar-refractivity contribution >= 4 is 5.82 Å². The highest BCUT2D eigenvalue weighted by molar-refractivity contribution is 5.53. The Morgan fingerprint density at radius 3 is 2.64 bits per heavy atom. The summed E-state index contributed by atoms with van der Waals surface area (Å²) in [5.74, 6) is 0.618. The lowest BCUT2D eigenvalue weighted by atomic mass is 10.1. The van der Waals surface area contributed by atoms with Gasteiger partial charge in [0.25, 0.3) is 5.56 Å². The summed E-state index contributed by atoms with van der Waals surface area (Å²) in [4.78, 5) is 28.3. The third-order valence-corrected chi connectivity index (χ3v) is 4.27. The molecule has 116 valence electrons. The number of nitrogens with zero attached hydrogens (tertiary/aromatic N) is 1. The maximum absolute atomic E-state index is 12.3. The molecule has 0 spiro atoms. The normalized spacial score (nSPS) is 17.2. The minimum absolute atomic E-state index is 0.296. The Kier molecular flexibility index (Phi) is 3.62. The van der Waals surface area contributed by atoms with Gasteiger partial charge < -0.3 is 10.2 Å². The summed E-state index contributed by atoms with van der Waals surface area (Å²) in [5.41, 5.74) is 1.71. The van der Waals surface area contributed by atoms with Crippen LogP contribution in [0.3, 0.4) is 0 Å². The minimum Gasteiger partial charge on any atom is -0.324 e. The topological polar surface area (TPSA) is 71.3 Å². The average Bonchev–Trinajstić information content (AvgIpc) is 2.48. The molecule has 1 unspecified atom stereocenters. The summed E-state index contributed by atoms with van der Waals surface area (Å²) < 4.78 is 1.57. The van der Waals surface area contributed by atoms with E-state index in [1.165, 1.54) is 4.90 Å². The molecule has 1 atom stereocenters. The monoisotopic (exact) mass is 301 g/mol. The molecule has 0 saturated carbocycles. The molecule has 0 saturated heterocycles. The maximum Gasteiger partial charge on any atom is 0.334 e. The molecule has 1 aromatic heterocycles. The van der Waals surface area contributed by atoms with Gasteiger partial charge in [-0.3, -0.25) is 9.78 Å². The first-order valence-corrected chi connectivity index (χ1v) is 7.51. The van der Waals surface area contributed by atoms with E-state index in [4.69, 9.17) is 0 Å². The van der Waals surface area contributed by atoms with E-state index in [1.807, 2.05) is 31.2 Å². The molecule has 0 bridgehead atoms. The van der Waals surface area contributed by atoms with Gasteiger partial charge in [-0.25, -0.2) is 9.36 Å². The molecule has 1 aromatic carbocycles. The Bertz CT molecular complexity index is 820. The first-order valence-electron chi connectivity index (χ1n) is 7.51. The molecule has 0 radical (unpaired) electrons. The highest BCUT2D eigenvalue weighted by Crippen LogP contribution is 2.19. The van der Waals surface area contributed by atoms with Crippen LogP contribution in [0.25, 0.3) is 5.69 Å². The number of quaternary nitrogens is 1. The van der Waals surface area contributed by atoms with Crippen LogP contribution < -0.4 is 21.5 Å². The first kappa shape index (κ1) is 14.6. The predicted molar refractivity (Wildman–Crippen MR) is 85.7 cm³/mol. The molecule has 3 rings (SSSR count). The summed E-state index contributed by atoms with van der Waals surface area (Å²) in [6.45, 7) is 7.50. The summed E-state index contributed by atoms with van der Waals surface area (Å²) in [5, 5.41) is 3.28.